The maximum absolute atomic E-state index is 11.7. The van der Waals surface area contributed by atoms with Gasteiger partial charge in [0.1, 0.15) is 6.10 Å². The molecule has 0 bridgehead atoms. The number of hydrogen-bond acceptors (Lipinski definition) is 8. The Morgan fingerprint density at radius 1 is 0.698 bits per heavy atom. The lowest BCUT2D eigenvalue weighted by Gasteiger charge is -2.24. The molecule has 9 atom stereocenters. The summed E-state index contributed by atoms with van der Waals surface area (Å²) in [5.74, 6) is -0.309. The highest BCUT2D eigenvalue weighted by Gasteiger charge is 2.36. The Morgan fingerprint density at radius 2 is 1.23 bits per heavy atom. The molecule has 8 heteroatoms. The quantitative estimate of drug-likeness (QED) is 0.0814. The monoisotopic (exact) mass is 610 g/mol. The van der Waals surface area contributed by atoms with Crippen molar-refractivity contribution < 1.29 is 39.4 Å². The van der Waals surface area contributed by atoms with E-state index in [1.165, 1.54) is 38.5 Å². The summed E-state index contributed by atoms with van der Waals surface area (Å²) in [6.45, 7) is 4.06. The third-order valence-corrected chi connectivity index (χ3v) is 9.63. The maximum Gasteiger partial charge on any atom is 0.334 e. The van der Waals surface area contributed by atoms with Crippen molar-refractivity contribution in [2.45, 2.75) is 204 Å². The van der Waals surface area contributed by atoms with E-state index in [0.717, 1.165) is 70.6 Å². The molecular formula is C35H62O8. The average Bonchev–Trinajstić information content (AvgIpc) is 3.73. The fourth-order valence-electron chi connectivity index (χ4n) is 6.94. The molecule has 0 spiro atoms. The molecule has 8 nitrogen and oxygen atoms in total. The first kappa shape index (κ1) is 36.4. The molecule has 4 N–H and O–H groups in total. The molecule has 43 heavy (non-hydrogen) atoms. The molecule has 3 aliphatic heterocycles. The van der Waals surface area contributed by atoms with Crippen molar-refractivity contribution in [1.29, 1.82) is 0 Å². The molecule has 0 aromatic heterocycles. The number of hydrogen-bond donors (Lipinski definition) is 4. The summed E-state index contributed by atoms with van der Waals surface area (Å²) < 4.78 is 17.3. The molecule has 0 aromatic rings. The molecule has 0 amide bonds. The largest absolute Gasteiger partial charge is 0.455 e. The number of unbranched alkanes of at least 4 members (excludes halogenated alkanes) is 9. The summed E-state index contributed by atoms with van der Waals surface area (Å²) in [4.78, 5) is 11.7. The number of carbonyl (C=O) groups excluding carboxylic acids is 1. The SMILES string of the molecule is CCCCCCCCCCC(O)C1CCC(C(O)CCC(O)C2CCC(CCCCCC(O)CC3=CC(C)OC3=O)O2)O1. The van der Waals surface area contributed by atoms with E-state index in [0.29, 0.717) is 31.3 Å². The molecule has 3 heterocycles. The summed E-state index contributed by atoms with van der Waals surface area (Å²) >= 11 is 0. The summed E-state index contributed by atoms with van der Waals surface area (Å²) in [6, 6.07) is 0. The number of ether oxygens (including phenoxy) is 3. The van der Waals surface area contributed by atoms with Crippen LogP contribution in [0.1, 0.15) is 149 Å². The second-order valence-corrected chi connectivity index (χ2v) is 13.5. The molecule has 2 saturated heterocycles. The number of aliphatic hydroxyl groups excluding tert-OH is 4. The molecule has 9 unspecified atom stereocenters. The van der Waals surface area contributed by atoms with Gasteiger partial charge in [0.2, 0.25) is 0 Å². The highest BCUT2D eigenvalue weighted by atomic mass is 16.5. The van der Waals surface area contributed by atoms with Crippen LogP contribution in [-0.2, 0) is 19.0 Å². The predicted molar refractivity (Wildman–Crippen MR) is 168 cm³/mol. The molecule has 0 saturated carbocycles. The standard InChI is InChI=1S/C35H62O8/c1-3-4-5-6-7-8-9-13-16-29(37)33-21-22-34(43-33)31(39)19-18-30(38)32-20-17-28(42-32)15-12-10-11-14-27(36)24-26-23-25(2)41-35(26)40/h23,25,27-34,36-39H,3-22,24H2,1-2H3. The Morgan fingerprint density at radius 3 is 1.86 bits per heavy atom. The Labute approximate surface area is 260 Å². The first-order valence-electron chi connectivity index (χ1n) is 17.7. The van der Waals surface area contributed by atoms with E-state index in [9.17, 15) is 25.2 Å². The summed E-state index contributed by atoms with van der Waals surface area (Å²) in [6.07, 6.45) is 18.7. The van der Waals surface area contributed by atoms with Crippen molar-refractivity contribution in [2.24, 2.45) is 0 Å². The predicted octanol–water partition coefficient (Wildman–Crippen LogP) is 6.05. The van der Waals surface area contributed by atoms with Crippen molar-refractivity contribution in [1.82, 2.24) is 0 Å². The molecule has 2 fully saturated rings. The lowest BCUT2D eigenvalue weighted by atomic mass is 9.98. The minimum Gasteiger partial charge on any atom is -0.455 e. The smallest absolute Gasteiger partial charge is 0.334 e. The Kier molecular flexibility index (Phi) is 17.1. The van der Waals surface area contributed by atoms with Crippen molar-refractivity contribution in [3.8, 4) is 0 Å². The van der Waals surface area contributed by atoms with Crippen LogP contribution >= 0.6 is 0 Å². The molecule has 3 rings (SSSR count). The van der Waals surface area contributed by atoms with Crippen LogP contribution in [0.25, 0.3) is 0 Å². The number of rotatable bonds is 23. The van der Waals surface area contributed by atoms with Crippen molar-refractivity contribution in [3.05, 3.63) is 11.6 Å². The Balaban J connectivity index is 1.19. The van der Waals surface area contributed by atoms with Crippen LogP contribution in [0.2, 0.25) is 0 Å². The van der Waals surface area contributed by atoms with Gasteiger partial charge < -0.3 is 34.6 Å². The van der Waals surface area contributed by atoms with Gasteiger partial charge in [0.15, 0.2) is 0 Å². The Bertz CT molecular complexity index is 803. The maximum atomic E-state index is 11.7. The van der Waals surface area contributed by atoms with Crippen LogP contribution in [0.4, 0.5) is 0 Å². The van der Waals surface area contributed by atoms with Crippen LogP contribution in [0.5, 0.6) is 0 Å². The van der Waals surface area contributed by atoms with E-state index in [-0.39, 0.29) is 36.5 Å². The fourth-order valence-corrected chi connectivity index (χ4v) is 6.94. The number of esters is 1. The number of cyclic esters (lactones) is 1. The normalized spacial score (nSPS) is 28.6. The van der Waals surface area contributed by atoms with Gasteiger partial charge in [-0.05, 0) is 70.8 Å². The molecule has 3 aliphatic rings. The van der Waals surface area contributed by atoms with Gasteiger partial charge in [-0.1, -0.05) is 77.6 Å². The van der Waals surface area contributed by atoms with Crippen LogP contribution in [0.3, 0.4) is 0 Å². The molecule has 0 radical (unpaired) electrons. The van der Waals surface area contributed by atoms with Gasteiger partial charge in [0, 0.05) is 12.0 Å². The van der Waals surface area contributed by atoms with Crippen molar-refractivity contribution >= 4 is 5.97 Å². The molecular weight excluding hydrogens is 548 g/mol. The second-order valence-electron chi connectivity index (χ2n) is 13.5. The summed E-state index contributed by atoms with van der Waals surface area (Å²) in [5.41, 5.74) is 0.583. The fraction of sp³-hybridized carbons (Fsp3) is 0.914. The summed E-state index contributed by atoms with van der Waals surface area (Å²) in [5, 5.41) is 42.3. The van der Waals surface area contributed by atoms with Crippen molar-refractivity contribution in [2.75, 3.05) is 0 Å². The Hall–Kier alpha value is -1.03. The third kappa shape index (κ3) is 13.5. The van der Waals surface area contributed by atoms with Crippen LogP contribution in [0.15, 0.2) is 11.6 Å². The first-order chi connectivity index (χ1) is 20.8. The first-order valence-corrected chi connectivity index (χ1v) is 17.7. The summed E-state index contributed by atoms with van der Waals surface area (Å²) in [7, 11) is 0. The van der Waals surface area contributed by atoms with Crippen LogP contribution in [-0.4, -0.2) is 81.3 Å². The van der Waals surface area contributed by atoms with E-state index in [1.807, 2.05) is 6.92 Å². The minimum absolute atomic E-state index is 0.149. The van der Waals surface area contributed by atoms with E-state index < -0.39 is 24.4 Å². The van der Waals surface area contributed by atoms with Gasteiger partial charge in [0.25, 0.3) is 0 Å². The average molecular weight is 611 g/mol. The third-order valence-electron chi connectivity index (χ3n) is 9.63. The van der Waals surface area contributed by atoms with Gasteiger partial charge in [-0.2, -0.15) is 0 Å². The lowest BCUT2D eigenvalue weighted by molar-refractivity contribution is -0.139. The minimum atomic E-state index is -0.637. The van der Waals surface area contributed by atoms with Gasteiger partial charge in [-0.25, -0.2) is 4.79 Å². The van der Waals surface area contributed by atoms with Gasteiger partial charge >= 0.3 is 5.97 Å². The van der Waals surface area contributed by atoms with E-state index in [4.69, 9.17) is 14.2 Å². The van der Waals surface area contributed by atoms with Gasteiger partial charge in [-0.3, -0.25) is 0 Å². The van der Waals surface area contributed by atoms with Crippen LogP contribution in [0, 0.1) is 0 Å². The molecule has 0 aromatic carbocycles. The second kappa shape index (κ2) is 20.2. The highest BCUT2D eigenvalue weighted by molar-refractivity contribution is 5.90. The number of carbonyl (C=O) groups is 1. The van der Waals surface area contributed by atoms with E-state index >= 15 is 0 Å². The zero-order valence-corrected chi connectivity index (χ0v) is 27.0. The van der Waals surface area contributed by atoms with Crippen LogP contribution < -0.4 is 0 Å². The lowest BCUT2D eigenvalue weighted by Crippen LogP contribution is -2.33. The van der Waals surface area contributed by atoms with Gasteiger partial charge in [-0.15, -0.1) is 0 Å². The van der Waals surface area contributed by atoms with E-state index in [1.54, 1.807) is 6.08 Å². The highest BCUT2D eigenvalue weighted by Crippen LogP contribution is 2.31. The molecule has 250 valence electrons. The molecule has 0 aliphatic carbocycles. The topological polar surface area (TPSA) is 126 Å². The number of aliphatic hydroxyl groups is 4. The zero-order valence-electron chi connectivity index (χ0n) is 27.0. The van der Waals surface area contributed by atoms with Gasteiger partial charge in [0.05, 0.1) is 48.8 Å². The van der Waals surface area contributed by atoms with E-state index in [2.05, 4.69) is 6.92 Å². The van der Waals surface area contributed by atoms with Crippen molar-refractivity contribution in [3.63, 3.8) is 0 Å². The zero-order chi connectivity index (χ0) is 31.0.